The summed E-state index contributed by atoms with van der Waals surface area (Å²) in [6.07, 6.45) is 5.26. The van der Waals surface area contributed by atoms with Crippen LogP contribution in [0.3, 0.4) is 0 Å². The normalized spacial score (nSPS) is 10.4. The highest BCUT2D eigenvalue weighted by atomic mass is 16.5. The molecule has 1 heterocycles. The van der Waals surface area contributed by atoms with Crippen LogP contribution in [0.15, 0.2) is 24.3 Å². The Kier molecular flexibility index (Phi) is 7.90. The molecular formula is C21H28N4O3. The Bertz CT molecular complexity index is 839. The van der Waals surface area contributed by atoms with Gasteiger partial charge in [0.05, 0.1) is 25.4 Å². The number of carbonyl (C=O) groups is 1. The first-order chi connectivity index (χ1) is 13.5. The van der Waals surface area contributed by atoms with E-state index in [1.807, 2.05) is 42.8 Å². The minimum atomic E-state index is -0.171. The van der Waals surface area contributed by atoms with Crippen LogP contribution in [0.1, 0.15) is 22.5 Å². The molecule has 0 aliphatic carbocycles. The van der Waals surface area contributed by atoms with Crippen molar-refractivity contribution in [3.8, 4) is 18.1 Å². The maximum atomic E-state index is 12.5. The van der Waals surface area contributed by atoms with Crippen molar-refractivity contribution >= 4 is 6.03 Å². The quantitative estimate of drug-likeness (QED) is 0.675. The molecule has 0 saturated carbocycles. The molecule has 0 saturated heterocycles. The lowest BCUT2D eigenvalue weighted by Gasteiger charge is -2.20. The third kappa shape index (κ3) is 5.51. The molecule has 0 unspecified atom stereocenters. The number of methoxy groups -OCH3 is 1. The van der Waals surface area contributed by atoms with Crippen LogP contribution in [0, 0.1) is 26.2 Å². The minimum Gasteiger partial charge on any atom is -0.481 e. The Labute approximate surface area is 166 Å². The average Bonchev–Trinajstić information content (AvgIpc) is 2.96. The van der Waals surface area contributed by atoms with Crippen LogP contribution in [-0.2, 0) is 24.4 Å². The molecule has 0 fully saturated rings. The van der Waals surface area contributed by atoms with Gasteiger partial charge in [-0.25, -0.2) is 4.79 Å². The van der Waals surface area contributed by atoms with Gasteiger partial charge in [-0.05, 0) is 19.9 Å². The van der Waals surface area contributed by atoms with Crippen molar-refractivity contribution in [2.75, 3.05) is 27.4 Å². The Morgan fingerprint density at radius 2 is 2.11 bits per heavy atom. The van der Waals surface area contributed by atoms with Crippen LogP contribution in [0.2, 0.25) is 0 Å². The van der Waals surface area contributed by atoms with E-state index in [1.54, 1.807) is 19.1 Å². The Balaban J connectivity index is 1.97. The van der Waals surface area contributed by atoms with E-state index in [-0.39, 0.29) is 12.6 Å². The summed E-state index contributed by atoms with van der Waals surface area (Å²) >= 11 is 0. The lowest BCUT2D eigenvalue weighted by Crippen LogP contribution is -2.36. The van der Waals surface area contributed by atoms with Gasteiger partial charge >= 0.3 is 6.03 Å². The molecule has 28 heavy (non-hydrogen) atoms. The van der Waals surface area contributed by atoms with Gasteiger partial charge in [-0.1, -0.05) is 24.1 Å². The molecule has 1 aromatic carbocycles. The second kappa shape index (κ2) is 10.4. The fraction of sp³-hybridized carbons (Fsp3) is 0.429. The van der Waals surface area contributed by atoms with Gasteiger partial charge in [-0.15, -0.1) is 6.42 Å². The van der Waals surface area contributed by atoms with Gasteiger partial charge < -0.3 is 19.7 Å². The highest BCUT2D eigenvalue weighted by molar-refractivity contribution is 5.74. The fourth-order valence-electron chi connectivity index (χ4n) is 2.91. The highest BCUT2D eigenvalue weighted by Gasteiger charge is 2.15. The maximum absolute atomic E-state index is 12.5. The zero-order valence-corrected chi connectivity index (χ0v) is 17.0. The van der Waals surface area contributed by atoms with E-state index >= 15 is 0 Å². The topological polar surface area (TPSA) is 68.6 Å². The number of amides is 2. The van der Waals surface area contributed by atoms with Gasteiger partial charge in [-0.2, -0.15) is 5.10 Å². The van der Waals surface area contributed by atoms with E-state index < -0.39 is 0 Å². The summed E-state index contributed by atoms with van der Waals surface area (Å²) in [6, 6.07) is 7.38. The van der Waals surface area contributed by atoms with Crippen LogP contribution in [0.4, 0.5) is 4.79 Å². The number of carbonyl (C=O) groups excluding carboxylic acids is 1. The summed E-state index contributed by atoms with van der Waals surface area (Å²) in [6.45, 7) is 6.25. The summed E-state index contributed by atoms with van der Waals surface area (Å²) in [7, 11) is 3.41. The maximum Gasteiger partial charge on any atom is 0.317 e. The first-order valence-electron chi connectivity index (χ1n) is 9.12. The number of urea groups is 1. The number of hydrogen-bond donors (Lipinski definition) is 1. The number of nitrogens with zero attached hydrogens (tertiary/aromatic N) is 3. The van der Waals surface area contributed by atoms with E-state index in [0.717, 1.165) is 22.5 Å². The lowest BCUT2D eigenvalue weighted by molar-refractivity contribution is 0.182. The first kappa shape index (κ1) is 21.3. The van der Waals surface area contributed by atoms with E-state index in [0.29, 0.717) is 32.0 Å². The van der Waals surface area contributed by atoms with Crippen molar-refractivity contribution in [3.05, 3.63) is 46.8 Å². The summed E-state index contributed by atoms with van der Waals surface area (Å²) in [4.78, 5) is 14.2. The first-order valence-corrected chi connectivity index (χ1v) is 9.12. The third-order valence-corrected chi connectivity index (χ3v) is 4.49. The van der Waals surface area contributed by atoms with Crippen molar-refractivity contribution < 1.29 is 14.3 Å². The lowest BCUT2D eigenvalue weighted by atomic mass is 10.2. The standard InChI is InChI=1S/C21H28N4O3/c1-6-12-28-20-10-8-7-9-18(20)15-24(4)21(26)22-14-19-16(2)23-25(17(19)3)11-13-27-5/h1,7-10H,11-15H2,2-5H3,(H,22,26). The molecule has 0 bridgehead atoms. The Hall–Kier alpha value is -2.98. The van der Waals surface area contributed by atoms with Gasteiger partial charge in [0, 0.05) is 37.5 Å². The number of para-hydroxylation sites is 1. The molecule has 2 aromatic rings. The Morgan fingerprint density at radius 1 is 1.36 bits per heavy atom. The molecule has 0 radical (unpaired) electrons. The molecule has 150 valence electrons. The van der Waals surface area contributed by atoms with Crippen LogP contribution < -0.4 is 10.1 Å². The highest BCUT2D eigenvalue weighted by Crippen LogP contribution is 2.19. The van der Waals surface area contributed by atoms with Crippen molar-refractivity contribution in [2.45, 2.75) is 33.5 Å². The van der Waals surface area contributed by atoms with Gasteiger partial charge in [0.2, 0.25) is 0 Å². The number of terminal acetylenes is 1. The number of aryl methyl sites for hydroxylation is 1. The number of hydrogen-bond acceptors (Lipinski definition) is 4. The third-order valence-electron chi connectivity index (χ3n) is 4.49. The van der Waals surface area contributed by atoms with E-state index in [1.165, 1.54) is 0 Å². The zero-order chi connectivity index (χ0) is 20.5. The number of aromatic nitrogens is 2. The summed E-state index contributed by atoms with van der Waals surface area (Å²) in [5.41, 5.74) is 3.86. The molecule has 2 amide bonds. The van der Waals surface area contributed by atoms with E-state index in [2.05, 4.69) is 16.3 Å². The SMILES string of the molecule is C#CCOc1ccccc1CN(C)C(=O)NCc1c(C)nn(CCOC)c1C. The fourth-order valence-corrected chi connectivity index (χ4v) is 2.91. The second-order valence-electron chi connectivity index (χ2n) is 6.48. The van der Waals surface area contributed by atoms with Crippen molar-refractivity contribution in [2.24, 2.45) is 0 Å². The average molecular weight is 384 g/mol. The molecule has 7 heteroatoms. The van der Waals surface area contributed by atoms with Crippen LogP contribution in [0.25, 0.3) is 0 Å². The molecular weight excluding hydrogens is 356 g/mol. The molecule has 0 spiro atoms. The van der Waals surface area contributed by atoms with E-state index in [4.69, 9.17) is 15.9 Å². The Morgan fingerprint density at radius 3 is 2.82 bits per heavy atom. The predicted molar refractivity (Wildman–Crippen MR) is 108 cm³/mol. The van der Waals surface area contributed by atoms with Gasteiger partial charge in [-0.3, -0.25) is 4.68 Å². The number of benzene rings is 1. The van der Waals surface area contributed by atoms with Crippen LogP contribution >= 0.6 is 0 Å². The molecule has 1 N–H and O–H groups in total. The van der Waals surface area contributed by atoms with Gasteiger partial charge in [0.15, 0.2) is 0 Å². The van der Waals surface area contributed by atoms with E-state index in [9.17, 15) is 4.79 Å². The number of rotatable bonds is 9. The summed E-state index contributed by atoms with van der Waals surface area (Å²) < 4.78 is 12.6. The van der Waals surface area contributed by atoms with Crippen molar-refractivity contribution in [1.29, 1.82) is 0 Å². The van der Waals surface area contributed by atoms with Crippen molar-refractivity contribution in [1.82, 2.24) is 20.0 Å². The molecule has 0 atom stereocenters. The monoisotopic (exact) mass is 384 g/mol. The van der Waals surface area contributed by atoms with Crippen LogP contribution in [0.5, 0.6) is 5.75 Å². The largest absolute Gasteiger partial charge is 0.481 e. The molecule has 2 rings (SSSR count). The minimum absolute atomic E-state index is 0.171. The van der Waals surface area contributed by atoms with Gasteiger partial charge in [0.25, 0.3) is 0 Å². The predicted octanol–water partition coefficient (Wildman–Crippen LogP) is 2.50. The summed E-state index contributed by atoms with van der Waals surface area (Å²) in [5.74, 6) is 3.14. The van der Waals surface area contributed by atoms with Gasteiger partial charge in [0.1, 0.15) is 12.4 Å². The second-order valence-corrected chi connectivity index (χ2v) is 6.48. The van der Waals surface area contributed by atoms with Crippen molar-refractivity contribution in [3.63, 3.8) is 0 Å². The molecule has 0 aliphatic heterocycles. The number of nitrogens with one attached hydrogen (secondary N) is 1. The summed E-state index contributed by atoms with van der Waals surface area (Å²) in [5, 5.41) is 7.48. The molecule has 1 aromatic heterocycles. The molecule has 7 nitrogen and oxygen atoms in total. The smallest absolute Gasteiger partial charge is 0.317 e. The molecule has 0 aliphatic rings. The van der Waals surface area contributed by atoms with Crippen LogP contribution in [-0.4, -0.2) is 48.1 Å². The zero-order valence-electron chi connectivity index (χ0n) is 17.0. The number of ether oxygens (including phenoxy) is 2.